The molecule has 1 unspecified atom stereocenters. The minimum absolute atomic E-state index is 0.0850. The van der Waals surface area contributed by atoms with Crippen molar-refractivity contribution in [2.45, 2.75) is 13.3 Å². The van der Waals surface area contributed by atoms with E-state index < -0.39 is 0 Å². The lowest BCUT2D eigenvalue weighted by atomic mass is 10.1. The molecule has 1 aliphatic rings. The average Bonchev–Trinajstić information content (AvgIpc) is 2.82. The molecule has 1 amide bonds. The zero-order valence-corrected chi connectivity index (χ0v) is 9.65. The van der Waals surface area contributed by atoms with Gasteiger partial charge in [0.2, 0.25) is 5.91 Å². The van der Waals surface area contributed by atoms with E-state index in [1.165, 1.54) is 11.5 Å². The Balaban J connectivity index is 2.07. The molecular formula is C9H11N5OS. The summed E-state index contributed by atoms with van der Waals surface area (Å²) in [5, 5.41) is 4.39. The van der Waals surface area contributed by atoms with Gasteiger partial charge in [-0.25, -0.2) is 0 Å². The molecule has 0 radical (unpaired) electrons. The number of nitrogens with zero attached hydrogens (tertiary/aromatic N) is 5. The number of anilines is 1. The van der Waals surface area contributed by atoms with E-state index >= 15 is 0 Å². The topological polar surface area (TPSA) is 82.0 Å². The number of carbonyl (C=O) groups is 1. The molecule has 1 saturated heterocycles. The van der Waals surface area contributed by atoms with Crippen molar-refractivity contribution in [3.63, 3.8) is 0 Å². The van der Waals surface area contributed by atoms with E-state index in [4.69, 9.17) is 5.53 Å². The van der Waals surface area contributed by atoms with Gasteiger partial charge in [0.05, 0.1) is 5.69 Å². The zero-order valence-electron chi connectivity index (χ0n) is 8.83. The van der Waals surface area contributed by atoms with Crippen molar-refractivity contribution in [2.24, 2.45) is 11.0 Å². The van der Waals surface area contributed by atoms with Crippen LogP contribution in [0, 0.1) is 12.8 Å². The molecule has 7 heteroatoms. The summed E-state index contributed by atoms with van der Waals surface area (Å²) in [5.41, 5.74) is 9.15. The molecule has 0 N–H and O–H groups in total. The fraction of sp³-hybridized carbons (Fsp3) is 0.556. The summed E-state index contributed by atoms with van der Waals surface area (Å²) >= 11 is 1.33. The van der Waals surface area contributed by atoms with Gasteiger partial charge in [0.15, 0.2) is 0 Å². The van der Waals surface area contributed by atoms with Crippen molar-refractivity contribution in [3.8, 4) is 0 Å². The van der Waals surface area contributed by atoms with Crippen molar-refractivity contribution in [2.75, 3.05) is 18.0 Å². The van der Waals surface area contributed by atoms with E-state index in [0.717, 1.165) is 10.7 Å². The van der Waals surface area contributed by atoms with Crippen LogP contribution in [-0.2, 0) is 4.79 Å². The molecule has 1 aromatic rings. The third-order valence-electron chi connectivity index (χ3n) is 2.49. The Kier molecular flexibility index (Phi) is 3.07. The summed E-state index contributed by atoms with van der Waals surface area (Å²) in [6, 6.07) is 1.90. The molecule has 0 aromatic carbocycles. The summed E-state index contributed by atoms with van der Waals surface area (Å²) in [6.07, 6.45) is 0.454. The third kappa shape index (κ3) is 2.15. The molecule has 0 saturated carbocycles. The van der Waals surface area contributed by atoms with Gasteiger partial charge >= 0.3 is 0 Å². The maximum Gasteiger partial charge on any atom is 0.227 e. The van der Waals surface area contributed by atoms with Gasteiger partial charge < -0.3 is 4.90 Å². The first kappa shape index (κ1) is 10.9. The quantitative estimate of drug-likeness (QED) is 0.458. The maximum absolute atomic E-state index is 11.7. The number of aromatic nitrogens is 1. The molecule has 1 atom stereocenters. The van der Waals surface area contributed by atoms with Crippen LogP contribution in [-0.4, -0.2) is 23.4 Å². The van der Waals surface area contributed by atoms with E-state index in [-0.39, 0.29) is 11.8 Å². The highest BCUT2D eigenvalue weighted by Crippen LogP contribution is 2.28. The Bertz CT molecular complexity index is 451. The molecule has 0 aliphatic carbocycles. The first-order chi connectivity index (χ1) is 7.70. The number of azide groups is 1. The van der Waals surface area contributed by atoms with Crippen molar-refractivity contribution in [1.82, 2.24) is 4.37 Å². The number of rotatable bonds is 3. The molecule has 84 valence electrons. The number of amides is 1. The van der Waals surface area contributed by atoms with Crippen LogP contribution in [0.15, 0.2) is 11.2 Å². The third-order valence-corrected chi connectivity index (χ3v) is 3.39. The second kappa shape index (κ2) is 4.51. The Hall–Kier alpha value is -1.59. The Morgan fingerprint density at radius 1 is 1.81 bits per heavy atom. The normalized spacial score (nSPS) is 19.9. The van der Waals surface area contributed by atoms with Gasteiger partial charge in [-0.1, -0.05) is 5.11 Å². The summed E-state index contributed by atoms with van der Waals surface area (Å²) in [7, 11) is 0. The van der Waals surface area contributed by atoms with E-state index in [2.05, 4.69) is 14.4 Å². The van der Waals surface area contributed by atoms with E-state index in [1.54, 1.807) is 4.90 Å². The fourth-order valence-corrected chi connectivity index (χ4v) is 2.53. The summed E-state index contributed by atoms with van der Waals surface area (Å²) in [4.78, 5) is 16.2. The minimum Gasteiger partial charge on any atom is -0.302 e. The second-order valence-electron chi connectivity index (χ2n) is 3.79. The second-order valence-corrected chi connectivity index (χ2v) is 4.58. The number of carbonyl (C=O) groups excluding carboxylic acids is 1. The molecule has 0 spiro atoms. The molecule has 1 aromatic heterocycles. The molecule has 6 nitrogen and oxygen atoms in total. The first-order valence-corrected chi connectivity index (χ1v) is 5.72. The SMILES string of the molecule is Cc1cc(N2CC(CN=[N+]=[N-])CC2=O)sn1. The van der Waals surface area contributed by atoms with Crippen molar-refractivity contribution in [1.29, 1.82) is 0 Å². The predicted octanol–water partition coefficient (Wildman–Crippen LogP) is 2.11. The van der Waals surface area contributed by atoms with Gasteiger partial charge in [-0.05, 0) is 36.0 Å². The predicted molar refractivity (Wildman–Crippen MR) is 61.3 cm³/mol. The van der Waals surface area contributed by atoms with Crippen LogP contribution in [0.3, 0.4) is 0 Å². The lowest BCUT2D eigenvalue weighted by molar-refractivity contribution is -0.117. The van der Waals surface area contributed by atoms with Crippen LogP contribution in [0.4, 0.5) is 5.00 Å². The van der Waals surface area contributed by atoms with Crippen LogP contribution in [0.1, 0.15) is 12.1 Å². The van der Waals surface area contributed by atoms with Crippen LogP contribution in [0.2, 0.25) is 0 Å². The molecule has 2 heterocycles. The van der Waals surface area contributed by atoms with Gasteiger partial charge in [0.1, 0.15) is 5.00 Å². The molecule has 16 heavy (non-hydrogen) atoms. The van der Waals surface area contributed by atoms with E-state index in [0.29, 0.717) is 19.5 Å². The summed E-state index contributed by atoms with van der Waals surface area (Å²) in [6.45, 7) is 2.91. The van der Waals surface area contributed by atoms with Gasteiger partial charge in [-0.3, -0.25) is 4.79 Å². The minimum atomic E-state index is 0.0850. The summed E-state index contributed by atoms with van der Waals surface area (Å²) in [5.74, 6) is 0.215. The highest BCUT2D eigenvalue weighted by molar-refractivity contribution is 7.10. The molecule has 1 aliphatic heterocycles. The van der Waals surface area contributed by atoms with Crippen LogP contribution < -0.4 is 4.90 Å². The monoisotopic (exact) mass is 237 g/mol. The van der Waals surface area contributed by atoms with Crippen molar-refractivity contribution >= 4 is 22.4 Å². The highest BCUT2D eigenvalue weighted by Gasteiger charge is 2.30. The van der Waals surface area contributed by atoms with Crippen molar-refractivity contribution < 1.29 is 4.79 Å². The van der Waals surface area contributed by atoms with Gasteiger partial charge in [-0.15, -0.1) is 0 Å². The number of hydrogen-bond acceptors (Lipinski definition) is 4. The van der Waals surface area contributed by atoms with Crippen LogP contribution in [0.25, 0.3) is 10.4 Å². The van der Waals surface area contributed by atoms with Crippen LogP contribution in [0.5, 0.6) is 0 Å². The lowest BCUT2D eigenvalue weighted by Gasteiger charge is -2.12. The van der Waals surface area contributed by atoms with Gasteiger partial charge in [0.25, 0.3) is 0 Å². The Labute approximate surface area is 96.7 Å². The van der Waals surface area contributed by atoms with Gasteiger partial charge in [-0.2, -0.15) is 4.37 Å². The zero-order chi connectivity index (χ0) is 11.5. The largest absolute Gasteiger partial charge is 0.302 e. The van der Waals surface area contributed by atoms with E-state index in [9.17, 15) is 4.79 Å². The molecule has 2 rings (SSSR count). The maximum atomic E-state index is 11.7. The average molecular weight is 237 g/mol. The standard InChI is InChI=1S/C9H11N5OS/c1-6-2-9(16-12-6)14-5-7(3-8(14)15)4-11-13-10/h2,7H,3-5H2,1H3. The summed E-state index contributed by atoms with van der Waals surface area (Å²) < 4.78 is 4.15. The first-order valence-electron chi connectivity index (χ1n) is 4.95. The fourth-order valence-electron chi connectivity index (χ4n) is 1.75. The Morgan fingerprint density at radius 2 is 2.62 bits per heavy atom. The smallest absolute Gasteiger partial charge is 0.227 e. The number of aryl methyl sites for hydroxylation is 1. The lowest BCUT2D eigenvalue weighted by Crippen LogP contribution is -2.23. The van der Waals surface area contributed by atoms with Crippen molar-refractivity contribution in [3.05, 3.63) is 22.2 Å². The Morgan fingerprint density at radius 3 is 3.25 bits per heavy atom. The number of hydrogen-bond donors (Lipinski definition) is 0. The molecular weight excluding hydrogens is 226 g/mol. The molecule has 1 fully saturated rings. The van der Waals surface area contributed by atoms with Gasteiger partial charge in [0, 0.05) is 24.4 Å². The van der Waals surface area contributed by atoms with E-state index in [1.807, 2.05) is 13.0 Å². The molecule has 0 bridgehead atoms. The highest BCUT2D eigenvalue weighted by atomic mass is 32.1. The van der Waals surface area contributed by atoms with Crippen LogP contribution >= 0.6 is 11.5 Å².